The van der Waals surface area contributed by atoms with E-state index in [1.54, 1.807) is 6.20 Å². The van der Waals surface area contributed by atoms with Crippen molar-refractivity contribution in [1.82, 2.24) is 19.5 Å². The maximum atomic E-state index is 11.6. The summed E-state index contributed by atoms with van der Waals surface area (Å²) in [5.41, 5.74) is 1.24. The van der Waals surface area contributed by atoms with Gasteiger partial charge in [-0.3, -0.25) is 0 Å². The molecule has 3 aromatic heterocycles. The fourth-order valence-electron chi connectivity index (χ4n) is 4.14. The van der Waals surface area contributed by atoms with Gasteiger partial charge in [-0.1, -0.05) is 0 Å². The summed E-state index contributed by atoms with van der Waals surface area (Å²) in [5.74, 6) is 2.82. The maximum absolute atomic E-state index is 11.6. The standard InChI is InChI=1S/C25H26AsN5O3/c1-33-25(32)30-24-21-3-2-20(14-19(21)5-8-29-24)26-15-17-4-7-28-23(13-17)34-16-18-6-10-31-11-9-27-22(31)12-18/h2-5,7-9,11,13-14,18,26H,6,10,12,15-16H2,1H3,(H,29,30,32)/t18-/m1/s1. The van der Waals surface area contributed by atoms with Gasteiger partial charge < -0.3 is 0 Å². The van der Waals surface area contributed by atoms with Crippen molar-refractivity contribution < 1.29 is 14.3 Å². The Morgan fingerprint density at radius 1 is 1.15 bits per heavy atom. The molecule has 1 amide bonds. The van der Waals surface area contributed by atoms with Gasteiger partial charge in [0.15, 0.2) is 0 Å². The first-order valence-electron chi connectivity index (χ1n) is 11.2. The molecule has 174 valence electrons. The van der Waals surface area contributed by atoms with Gasteiger partial charge in [-0.2, -0.15) is 0 Å². The van der Waals surface area contributed by atoms with E-state index in [0.29, 0.717) is 24.2 Å². The number of imidazole rings is 1. The molecule has 8 nitrogen and oxygen atoms in total. The summed E-state index contributed by atoms with van der Waals surface area (Å²) in [6.07, 6.45) is 8.98. The summed E-state index contributed by atoms with van der Waals surface area (Å²) in [6.45, 7) is 1.67. The first kappa shape index (κ1) is 22.4. The van der Waals surface area contributed by atoms with Crippen molar-refractivity contribution in [3.8, 4) is 5.88 Å². The SMILES string of the molecule is COC(=O)Nc1nccc2cc([AsH]Cc3ccnc(OC[C@@H]4CCn5ccnc5C4)c3)ccc12. The van der Waals surface area contributed by atoms with Gasteiger partial charge >= 0.3 is 205 Å². The summed E-state index contributed by atoms with van der Waals surface area (Å²) in [4.78, 5) is 24.7. The van der Waals surface area contributed by atoms with Crippen molar-refractivity contribution in [3.05, 3.63) is 72.6 Å². The molecule has 0 saturated carbocycles. The zero-order valence-electron chi connectivity index (χ0n) is 18.9. The number of nitrogens with one attached hydrogen (secondary N) is 1. The second kappa shape index (κ2) is 10.3. The normalized spacial score (nSPS) is 15.4. The molecule has 34 heavy (non-hydrogen) atoms. The van der Waals surface area contributed by atoms with Crippen molar-refractivity contribution in [2.24, 2.45) is 5.92 Å². The van der Waals surface area contributed by atoms with Crippen LogP contribution in [0.25, 0.3) is 10.8 Å². The molecule has 0 radical (unpaired) electrons. The molecule has 5 rings (SSSR count). The Morgan fingerprint density at radius 3 is 2.97 bits per heavy atom. The molecule has 1 aliphatic heterocycles. The third kappa shape index (κ3) is 5.23. The Balaban J connectivity index is 1.19. The summed E-state index contributed by atoms with van der Waals surface area (Å²) >= 11 is -0.397. The number of anilines is 1. The number of carbonyl (C=O) groups excluding carboxylic acids is 1. The van der Waals surface area contributed by atoms with Crippen LogP contribution in [0.3, 0.4) is 0 Å². The minimum atomic E-state index is -0.525. The van der Waals surface area contributed by atoms with Crippen molar-refractivity contribution in [1.29, 1.82) is 0 Å². The first-order chi connectivity index (χ1) is 16.7. The second-order valence-corrected chi connectivity index (χ2v) is 11.0. The number of hydrogen-bond donors (Lipinski definition) is 1. The van der Waals surface area contributed by atoms with Gasteiger partial charge in [0.25, 0.3) is 0 Å². The third-order valence-electron chi connectivity index (χ3n) is 5.98. The number of nitrogens with zero attached hydrogens (tertiary/aromatic N) is 4. The van der Waals surface area contributed by atoms with Crippen LogP contribution in [-0.2, 0) is 22.9 Å². The molecular formula is C25H26AsN5O3. The number of pyridine rings is 2. The van der Waals surface area contributed by atoms with E-state index in [-0.39, 0.29) is 0 Å². The molecule has 1 aromatic carbocycles. The van der Waals surface area contributed by atoms with Crippen molar-refractivity contribution in [2.75, 3.05) is 19.0 Å². The molecule has 9 heteroatoms. The van der Waals surface area contributed by atoms with Crippen LogP contribution in [0.2, 0.25) is 0 Å². The number of aromatic nitrogens is 4. The van der Waals surface area contributed by atoms with E-state index < -0.39 is 21.8 Å². The average molecular weight is 519 g/mol. The fourth-order valence-corrected chi connectivity index (χ4v) is 6.42. The molecule has 4 heterocycles. The molecule has 0 bridgehead atoms. The van der Waals surface area contributed by atoms with E-state index >= 15 is 0 Å². The Labute approximate surface area is 204 Å². The van der Waals surface area contributed by atoms with E-state index in [2.05, 4.69) is 53.8 Å². The quantitative estimate of drug-likeness (QED) is 0.378. The minimum absolute atomic E-state index is 0.397. The fraction of sp³-hybridized carbons (Fsp3) is 0.280. The number of fused-ring (bicyclic) bond motifs is 2. The van der Waals surface area contributed by atoms with Gasteiger partial charge in [0, 0.05) is 0 Å². The van der Waals surface area contributed by atoms with E-state index in [4.69, 9.17) is 4.74 Å². The number of hydrogen-bond acceptors (Lipinski definition) is 6. The predicted molar refractivity (Wildman–Crippen MR) is 132 cm³/mol. The van der Waals surface area contributed by atoms with Crippen LogP contribution in [-0.4, -0.2) is 55.1 Å². The van der Waals surface area contributed by atoms with Crippen LogP contribution < -0.4 is 14.4 Å². The number of rotatable bonds is 7. The number of ether oxygens (including phenoxy) is 2. The summed E-state index contributed by atoms with van der Waals surface area (Å²) in [5, 5.41) is 5.62. The number of methoxy groups -OCH3 is 1. The van der Waals surface area contributed by atoms with Gasteiger partial charge in [-0.15, -0.1) is 0 Å². The molecule has 4 aromatic rings. The van der Waals surface area contributed by atoms with E-state index in [0.717, 1.165) is 41.2 Å². The molecule has 1 unspecified atom stereocenters. The Kier molecular flexibility index (Phi) is 6.76. The number of aryl methyl sites for hydroxylation is 1. The van der Waals surface area contributed by atoms with Crippen LogP contribution in [0, 0.1) is 5.92 Å². The van der Waals surface area contributed by atoms with Crippen molar-refractivity contribution in [2.45, 2.75) is 24.6 Å². The van der Waals surface area contributed by atoms with Crippen LogP contribution in [0.5, 0.6) is 5.88 Å². The van der Waals surface area contributed by atoms with E-state index in [1.165, 1.54) is 17.0 Å². The van der Waals surface area contributed by atoms with Gasteiger partial charge in [0.05, 0.1) is 0 Å². The van der Waals surface area contributed by atoms with Crippen molar-refractivity contribution >= 4 is 42.8 Å². The molecular weight excluding hydrogens is 493 g/mol. The predicted octanol–water partition coefficient (Wildman–Crippen LogP) is 2.91. The second-order valence-electron chi connectivity index (χ2n) is 8.27. The van der Waals surface area contributed by atoms with Crippen LogP contribution in [0.1, 0.15) is 17.8 Å². The Hall–Kier alpha value is -3.38. The average Bonchev–Trinajstić information content (AvgIpc) is 3.34. The summed E-state index contributed by atoms with van der Waals surface area (Å²) < 4.78 is 14.3. The van der Waals surface area contributed by atoms with Crippen LogP contribution >= 0.6 is 0 Å². The monoisotopic (exact) mass is 519 g/mol. The van der Waals surface area contributed by atoms with Crippen molar-refractivity contribution in [3.63, 3.8) is 0 Å². The molecule has 0 spiro atoms. The van der Waals surface area contributed by atoms with E-state index in [1.807, 2.05) is 30.7 Å². The number of amides is 1. The van der Waals surface area contributed by atoms with Gasteiger partial charge in [0.2, 0.25) is 0 Å². The molecule has 0 saturated heterocycles. The Bertz CT molecular complexity index is 1310. The topological polar surface area (TPSA) is 91.2 Å². The van der Waals surface area contributed by atoms with Crippen LogP contribution in [0.4, 0.5) is 10.6 Å². The molecule has 0 fully saturated rings. The van der Waals surface area contributed by atoms with Crippen LogP contribution in [0.15, 0.2) is 61.2 Å². The number of carbonyl (C=O) groups is 1. The number of benzene rings is 1. The van der Waals surface area contributed by atoms with Gasteiger partial charge in [-0.25, -0.2) is 0 Å². The molecule has 0 aliphatic carbocycles. The van der Waals surface area contributed by atoms with E-state index in [9.17, 15) is 4.79 Å². The third-order valence-corrected chi connectivity index (χ3v) is 8.72. The summed E-state index contributed by atoms with van der Waals surface area (Å²) in [7, 11) is 1.34. The zero-order valence-corrected chi connectivity index (χ0v) is 21.0. The Morgan fingerprint density at radius 2 is 2.06 bits per heavy atom. The molecule has 1 N–H and O–H groups in total. The zero-order chi connectivity index (χ0) is 23.3. The summed E-state index contributed by atoms with van der Waals surface area (Å²) in [6, 6.07) is 12.4. The molecule has 2 atom stereocenters. The van der Waals surface area contributed by atoms with Gasteiger partial charge in [-0.05, 0) is 0 Å². The first-order valence-corrected chi connectivity index (χ1v) is 13.8. The molecule has 1 aliphatic rings. The van der Waals surface area contributed by atoms with Gasteiger partial charge in [0.1, 0.15) is 0 Å².